The van der Waals surface area contributed by atoms with E-state index in [0.29, 0.717) is 28.6 Å². The number of fused-ring (bicyclic) bond motifs is 2. The van der Waals surface area contributed by atoms with Gasteiger partial charge < -0.3 is 29.6 Å². The van der Waals surface area contributed by atoms with Crippen LogP contribution in [0.25, 0.3) is 5.57 Å². The number of alkyl halides is 1. The van der Waals surface area contributed by atoms with E-state index in [1.54, 1.807) is 13.8 Å². The molecule has 2 aromatic rings. The summed E-state index contributed by atoms with van der Waals surface area (Å²) in [6, 6.07) is 7.63. The Hall–Kier alpha value is -3.72. The third kappa shape index (κ3) is 8.51. The number of hydrogen-bond donors (Lipinski definition) is 1. The van der Waals surface area contributed by atoms with Gasteiger partial charge in [-0.1, -0.05) is 38.8 Å². The average molecular weight is 730 g/mol. The lowest BCUT2D eigenvalue weighted by Crippen LogP contribution is -2.32. The molecule has 272 valence electrons. The molecular formula is C42H52ClN3O5. The van der Waals surface area contributed by atoms with Crippen molar-refractivity contribution < 1.29 is 50.7 Å². The van der Waals surface area contributed by atoms with E-state index in [4.69, 9.17) is 43.0 Å². The highest BCUT2D eigenvalue weighted by molar-refractivity contribution is 6.17. The Labute approximate surface area is 330 Å². The lowest BCUT2D eigenvalue weighted by Gasteiger charge is -2.40. The summed E-state index contributed by atoms with van der Waals surface area (Å²) < 4.78 is 148. The second-order valence-corrected chi connectivity index (χ2v) is 13.1. The molecule has 9 heteroatoms. The Kier molecular flexibility index (Phi) is 7.32. The minimum Gasteiger partial charge on any atom is -0.545 e. The molecule has 51 heavy (non-hydrogen) atoms. The van der Waals surface area contributed by atoms with E-state index in [2.05, 4.69) is 5.32 Å². The summed E-state index contributed by atoms with van der Waals surface area (Å²) >= 11 is 5.70. The molecule has 1 amide bonds. The fourth-order valence-electron chi connectivity index (χ4n) is 6.43. The number of hydrogen-bond acceptors (Lipinski definition) is 6. The molecule has 0 aromatic heterocycles. The zero-order valence-corrected chi connectivity index (χ0v) is 29.3. The maximum Gasteiger partial charge on any atom is 0.251 e. The summed E-state index contributed by atoms with van der Waals surface area (Å²) in [6.45, 7) is -8.49. The molecule has 2 aliphatic heterocycles. The van der Waals surface area contributed by atoms with Crippen molar-refractivity contribution in [1.29, 1.82) is 0 Å². The van der Waals surface area contributed by atoms with Crippen LogP contribution in [0, 0.1) is 0 Å². The van der Waals surface area contributed by atoms with Crippen molar-refractivity contribution in [2.45, 2.75) is 70.4 Å². The molecule has 2 aromatic carbocycles. The molecule has 2 aliphatic carbocycles. The van der Waals surface area contributed by atoms with Gasteiger partial charge in [0.1, 0.15) is 18.5 Å². The number of allylic oxidation sites excluding steroid dienone is 5. The minimum atomic E-state index is -3.40. The van der Waals surface area contributed by atoms with Crippen LogP contribution in [0.4, 0.5) is 5.69 Å². The maximum absolute atomic E-state index is 13.6. The summed E-state index contributed by atoms with van der Waals surface area (Å²) in [6.07, 6.45) is -5.81. The second-order valence-electron chi connectivity index (χ2n) is 12.7. The topological polar surface area (TPSA) is 93.9 Å². The molecule has 6 rings (SSSR count). The highest BCUT2D eigenvalue weighted by atomic mass is 35.5. The van der Waals surface area contributed by atoms with E-state index in [1.807, 2.05) is 0 Å². The highest BCUT2D eigenvalue weighted by Crippen LogP contribution is 2.51. The quantitative estimate of drug-likeness (QED) is 0.129. The molecule has 4 aliphatic rings. The molecule has 2 heterocycles. The number of carboxylic acids is 1. The smallest absolute Gasteiger partial charge is 0.251 e. The molecular weight excluding hydrogens is 662 g/mol. The minimum absolute atomic E-state index is 0.00276. The molecule has 2 saturated heterocycles. The number of aromatic carboxylic acids is 1. The van der Waals surface area contributed by atoms with Gasteiger partial charge in [-0.25, -0.2) is 4.58 Å². The van der Waals surface area contributed by atoms with E-state index >= 15 is 0 Å². The number of nitrogens with one attached hydrogen (secondary N) is 1. The zero-order chi connectivity index (χ0) is 50.1. The summed E-state index contributed by atoms with van der Waals surface area (Å²) in [5, 5.41) is 15.6. The highest BCUT2D eigenvalue weighted by Gasteiger charge is 2.40. The number of carboxylic acid groups (broad SMARTS) is 1. The van der Waals surface area contributed by atoms with Crippen LogP contribution in [0.3, 0.4) is 0 Å². The van der Waals surface area contributed by atoms with Gasteiger partial charge in [-0.15, -0.1) is 11.6 Å². The van der Waals surface area contributed by atoms with Gasteiger partial charge in [-0.05, 0) is 89.3 Å². The van der Waals surface area contributed by atoms with E-state index in [9.17, 15) is 14.7 Å². The largest absolute Gasteiger partial charge is 0.545 e. The van der Waals surface area contributed by atoms with Crippen molar-refractivity contribution >= 4 is 40.4 Å². The molecule has 0 saturated carbocycles. The molecule has 0 spiro atoms. The number of halogens is 1. The summed E-state index contributed by atoms with van der Waals surface area (Å²) in [4.78, 5) is 26.9. The zero-order valence-electron chi connectivity index (χ0n) is 44.6. The first-order valence-corrected chi connectivity index (χ1v) is 17.5. The van der Waals surface area contributed by atoms with E-state index in [1.165, 1.54) is 48.6 Å². The lowest BCUT2D eigenvalue weighted by molar-refractivity contribution is -0.504. The Morgan fingerprint density at radius 3 is 2.41 bits per heavy atom. The van der Waals surface area contributed by atoms with Crippen LogP contribution in [-0.4, -0.2) is 87.0 Å². The van der Waals surface area contributed by atoms with Gasteiger partial charge in [0.25, 0.3) is 5.91 Å². The summed E-state index contributed by atoms with van der Waals surface area (Å²) in [5.74, 6) is -1.65. The van der Waals surface area contributed by atoms with Crippen LogP contribution in [0.2, 0.25) is 0 Å². The number of nitrogens with zero attached hydrogens (tertiary/aromatic N) is 2. The Bertz CT molecular complexity index is 2400. The number of amides is 1. The van der Waals surface area contributed by atoms with Gasteiger partial charge in [0.2, 0.25) is 0 Å². The van der Waals surface area contributed by atoms with Gasteiger partial charge in [-0.2, -0.15) is 0 Å². The third-order valence-electron chi connectivity index (χ3n) is 9.05. The average Bonchev–Trinajstić information content (AvgIpc) is 3.35. The fourth-order valence-corrected chi connectivity index (χ4v) is 6.61. The molecule has 0 atom stereocenters. The van der Waals surface area contributed by atoms with Crippen LogP contribution in [0.1, 0.15) is 124 Å². The van der Waals surface area contributed by atoms with Crippen LogP contribution in [-0.2, 0) is 14.9 Å². The summed E-state index contributed by atoms with van der Waals surface area (Å²) in [5.41, 5.74) is -1.53. The van der Waals surface area contributed by atoms with Crippen molar-refractivity contribution in [1.82, 2.24) is 5.32 Å². The first-order valence-electron chi connectivity index (χ1n) is 24.9. The van der Waals surface area contributed by atoms with Crippen molar-refractivity contribution in [2.75, 3.05) is 69.7 Å². The van der Waals surface area contributed by atoms with Crippen LogP contribution < -0.4 is 15.3 Å². The van der Waals surface area contributed by atoms with Crippen LogP contribution in [0.5, 0.6) is 0 Å². The van der Waals surface area contributed by atoms with E-state index in [0.717, 1.165) is 31.7 Å². The molecule has 0 bridgehead atoms. The van der Waals surface area contributed by atoms with Crippen LogP contribution >= 0.6 is 11.6 Å². The number of anilines is 1. The number of benzene rings is 2. The van der Waals surface area contributed by atoms with Crippen molar-refractivity contribution in [2.24, 2.45) is 0 Å². The van der Waals surface area contributed by atoms with Gasteiger partial charge in [0, 0.05) is 95.6 Å². The second kappa shape index (κ2) is 17.2. The number of rotatable bonds is 16. The number of ether oxygens (including phenoxy) is 2. The first kappa shape index (κ1) is 21.7. The number of carbonyl (C=O) groups excluding carboxylic acids is 2. The Morgan fingerprint density at radius 2 is 1.67 bits per heavy atom. The monoisotopic (exact) mass is 729 g/mol. The molecule has 8 nitrogen and oxygen atoms in total. The van der Waals surface area contributed by atoms with Gasteiger partial charge >= 0.3 is 0 Å². The summed E-state index contributed by atoms with van der Waals surface area (Å²) in [7, 11) is 0. The Morgan fingerprint density at radius 1 is 0.922 bits per heavy atom. The van der Waals surface area contributed by atoms with Crippen molar-refractivity contribution in [3.63, 3.8) is 0 Å². The van der Waals surface area contributed by atoms with Crippen LogP contribution in [0.15, 0.2) is 65.8 Å². The lowest BCUT2D eigenvalue weighted by atomic mass is 9.64. The maximum atomic E-state index is 13.6. The van der Waals surface area contributed by atoms with Gasteiger partial charge in [-0.3, -0.25) is 4.79 Å². The third-order valence-corrected chi connectivity index (χ3v) is 9.32. The van der Waals surface area contributed by atoms with E-state index in [-0.39, 0.29) is 70.1 Å². The van der Waals surface area contributed by atoms with Crippen molar-refractivity contribution in [3.8, 4) is 0 Å². The molecule has 0 unspecified atom stereocenters. The van der Waals surface area contributed by atoms with Gasteiger partial charge in [0.05, 0.1) is 25.8 Å². The van der Waals surface area contributed by atoms with E-state index < -0.39 is 74.3 Å². The Balaban J connectivity index is 1.47. The standard InChI is InChI=1S/C42H52ClN3O5/c1-42(2)37-28-31(45-19-6-7-20-45)12-15-34(37)39(35-16-13-32(29-38(35)42)46-21-8-9-22-46)36-27-30(11-14-33(36)41(48)49)40(47)44-18-24-51-26-25-50-23-10-4-3-5-17-43/h11-16,27-29H,3-10,17-26H2,1-2H3,(H-,44,47,48,49)/i6D2,7D2,8D2,9D2,19D2,20D2,21D2,22D2. The molecule has 0 radical (unpaired) electrons. The molecule has 2 fully saturated rings. The number of carbonyl (C=O) groups is 2. The SMILES string of the molecule is [2H]C1([2H])N(c2ccc3c(c2)C(C)(C)C2=CC(=[N+]4C([2H])([2H])C([2H])([2H])C([2H])([2H])C4([2H])[2H])C=CC2=C3c2cc(C(=O)NCCOCCOCCCCCCCl)ccc2C(=O)[O-])C([2H])([2H])C([2H])([2H])C1([2H])[2H]. The predicted molar refractivity (Wildman–Crippen MR) is 202 cm³/mol. The first-order chi connectivity index (χ1) is 30.8. The normalized spacial score (nSPS) is 30.4. The number of unbranched alkanes of at least 4 members (excludes halogenated alkanes) is 3. The fraction of sp³-hybridized carbons (Fsp3) is 0.500. The van der Waals surface area contributed by atoms with Crippen molar-refractivity contribution in [3.05, 3.63) is 93.6 Å². The predicted octanol–water partition coefficient (Wildman–Crippen LogP) is 6.05. The van der Waals surface area contributed by atoms with Gasteiger partial charge in [0.15, 0.2) is 5.71 Å². The molecule has 1 N–H and O–H groups in total.